The molecule has 0 spiro atoms. The zero-order valence-corrected chi connectivity index (χ0v) is 22.6. The highest BCUT2D eigenvalue weighted by atomic mass is 16.7. The average Bonchev–Trinajstić information content (AvgIpc) is 3.46. The van der Waals surface area contributed by atoms with Crippen molar-refractivity contribution >= 4 is 23.5 Å². The van der Waals surface area contributed by atoms with E-state index in [-0.39, 0.29) is 35.9 Å². The van der Waals surface area contributed by atoms with E-state index in [2.05, 4.69) is 6.58 Å². The number of amides is 1. The first-order chi connectivity index (χ1) is 19.5. The van der Waals surface area contributed by atoms with Gasteiger partial charge < -0.3 is 19.1 Å². The Balaban J connectivity index is 0.000000186. The van der Waals surface area contributed by atoms with E-state index in [1.54, 1.807) is 18.2 Å². The Kier molecular flexibility index (Phi) is 9.88. The third-order valence-electron chi connectivity index (χ3n) is 6.73. The van der Waals surface area contributed by atoms with E-state index in [0.29, 0.717) is 5.57 Å². The molecule has 3 aliphatic rings. The van der Waals surface area contributed by atoms with Gasteiger partial charge in [-0.2, -0.15) is 0 Å². The summed E-state index contributed by atoms with van der Waals surface area (Å²) in [7, 11) is 1.37. The van der Waals surface area contributed by atoms with Crippen LogP contribution in [0.5, 0.6) is 11.5 Å². The predicted octanol–water partition coefficient (Wildman–Crippen LogP) is 5.56. The number of hydrogen-bond donors (Lipinski definition) is 0. The van der Waals surface area contributed by atoms with Crippen LogP contribution in [0.3, 0.4) is 0 Å². The average molecular weight is 540 g/mol. The summed E-state index contributed by atoms with van der Waals surface area (Å²) < 4.78 is 15.5. The van der Waals surface area contributed by atoms with Gasteiger partial charge in [0.15, 0.2) is 23.0 Å². The van der Waals surface area contributed by atoms with E-state index in [1.165, 1.54) is 25.7 Å². The van der Waals surface area contributed by atoms with Gasteiger partial charge in [-0.25, -0.2) is 0 Å². The van der Waals surface area contributed by atoms with Crippen LogP contribution in [-0.4, -0.2) is 49.4 Å². The van der Waals surface area contributed by atoms with Crippen molar-refractivity contribution in [1.82, 2.24) is 4.90 Å². The van der Waals surface area contributed by atoms with Crippen molar-refractivity contribution in [2.75, 3.05) is 27.0 Å². The van der Waals surface area contributed by atoms with Crippen molar-refractivity contribution in [3.63, 3.8) is 0 Å². The van der Waals surface area contributed by atoms with Gasteiger partial charge in [-0.1, -0.05) is 60.7 Å². The van der Waals surface area contributed by atoms with E-state index in [0.717, 1.165) is 48.6 Å². The van der Waals surface area contributed by atoms with Gasteiger partial charge in [-0.3, -0.25) is 14.4 Å². The number of allylic oxidation sites excluding steroid dienone is 6. The Bertz CT molecular complexity index is 1360. The SMILES string of the molecule is C=CC(C1=CC(=O)C(OC)=CC1=O)c1ccccc1.O=C(C=CC=Cc1ccc2c(c1)OCO2)N1CCCCC1. The topological polar surface area (TPSA) is 82.1 Å². The molecular formula is C33H33NO6. The number of piperidine rings is 1. The maximum atomic E-state index is 12.1. The summed E-state index contributed by atoms with van der Waals surface area (Å²) in [5.41, 5.74) is 2.38. The molecule has 2 heterocycles. The molecular weight excluding hydrogens is 506 g/mol. The van der Waals surface area contributed by atoms with E-state index in [9.17, 15) is 14.4 Å². The van der Waals surface area contributed by atoms with Crippen LogP contribution in [0.1, 0.15) is 36.3 Å². The molecule has 1 fully saturated rings. The Hall–Kier alpha value is -4.65. The van der Waals surface area contributed by atoms with Gasteiger partial charge in [0.1, 0.15) is 0 Å². The molecule has 2 aromatic rings. The smallest absolute Gasteiger partial charge is 0.246 e. The molecule has 206 valence electrons. The highest BCUT2D eigenvalue weighted by molar-refractivity contribution is 6.19. The van der Waals surface area contributed by atoms with Crippen molar-refractivity contribution in [3.05, 3.63) is 114 Å². The molecule has 0 saturated carbocycles. The first-order valence-corrected chi connectivity index (χ1v) is 13.3. The molecule has 7 nitrogen and oxygen atoms in total. The van der Waals surface area contributed by atoms with Gasteiger partial charge in [0.25, 0.3) is 0 Å². The number of carbonyl (C=O) groups is 3. The zero-order valence-electron chi connectivity index (χ0n) is 22.6. The fourth-order valence-electron chi connectivity index (χ4n) is 4.60. The van der Waals surface area contributed by atoms with Crippen LogP contribution in [0.15, 0.2) is 103 Å². The lowest BCUT2D eigenvalue weighted by molar-refractivity contribution is -0.126. The van der Waals surface area contributed by atoms with Gasteiger partial charge in [-0.05, 0) is 48.6 Å². The van der Waals surface area contributed by atoms with E-state index in [1.807, 2.05) is 65.6 Å². The molecule has 5 rings (SSSR count). The number of ketones is 2. The second kappa shape index (κ2) is 13.9. The van der Waals surface area contributed by atoms with Crippen molar-refractivity contribution in [1.29, 1.82) is 0 Å². The Morgan fingerprint density at radius 2 is 1.70 bits per heavy atom. The van der Waals surface area contributed by atoms with Crippen LogP contribution in [0.2, 0.25) is 0 Å². The van der Waals surface area contributed by atoms with Gasteiger partial charge in [0.2, 0.25) is 18.5 Å². The fraction of sp³-hybridized carbons (Fsp3) is 0.242. The monoisotopic (exact) mass is 539 g/mol. The number of benzene rings is 2. The summed E-state index contributed by atoms with van der Waals surface area (Å²) in [5, 5.41) is 0. The molecule has 0 N–H and O–H groups in total. The lowest BCUT2D eigenvalue weighted by atomic mass is 9.85. The van der Waals surface area contributed by atoms with Gasteiger partial charge >= 0.3 is 0 Å². The van der Waals surface area contributed by atoms with Crippen LogP contribution < -0.4 is 9.47 Å². The highest BCUT2D eigenvalue weighted by Crippen LogP contribution is 2.33. The van der Waals surface area contributed by atoms with Crippen LogP contribution in [-0.2, 0) is 19.1 Å². The molecule has 0 aromatic heterocycles. The standard InChI is InChI=1S/C17H19NO3.C16H14O3/c19-17(18-10-4-1-5-11-18)7-3-2-6-14-8-9-15-16(12-14)21-13-20-15;1-3-12(11-7-5-4-6-8-11)13-9-15(18)16(19-2)10-14(13)17/h2-3,6-9,12H,1,4-5,10-11,13H2;3-10,12H,1H2,2H3. The summed E-state index contributed by atoms with van der Waals surface area (Å²) >= 11 is 0. The number of hydrogen-bond acceptors (Lipinski definition) is 6. The third-order valence-corrected chi connectivity index (χ3v) is 6.73. The van der Waals surface area contributed by atoms with Crippen LogP contribution in [0.4, 0.5) is 0 Å². The van der Waals surface area contributed by atoms with Crippen molar-refractivity contribution < 1.29 is 28.6 Å². The summed E-state index contributed by atoms with van der Waals surface area (Å²) in [6.45, 7) is 5.81. The molecule has 2 aromatic carbocycles. The molecule has 40 heavy (non-hydrogen) atoms. The minimum absolute atomic E-state index is 0.0737. The number of ether oxygens (including phenoxy) is 3. The second-order valence-corrected chi connectivity index (χ2v) is 9.38. The molecule has 1 atom stereocenters. The largest absolute Gasteiger partial charge is 0.493 e. The van der Waals surface area contributed by atoms with Gasteiger partial charge in [0, 0.05) is 36.7 Å². The maximum absolute atomic E-state index is 12.1. The molecule has 1 saturated heterocycles. The lowest BCUT2D eigenvalue weighted by Gasteiger charge is -2.25. The van der Waals surface area contributed by atoms with Crippen molar-refractivity contribution in [2.45, 2.75) is 25.2 Å². The van der Waals surface area contributed by atoms with E-state index < -0.39 is 0 Å². The second-order valence-electron chi connectivity index (χ2n) is 9.38. The molecule has 0 bridgehead atoms. The van der Waals surface area contributed by atoms with Gasteiger partial charge in [0.05, 0.1) is 7.11 Å². The highest BCUT2D eigenvalue weighted by Gasteiger charge is 2.26. The summed E-state index contributed by atoms with van der Waals surface area (Å²) in [6.07, 6.45) is 14.9. The summed E-state index contributed by atoms with van der Waals surface area (Å²) in [5.74, 6) is 0.931. The van der Waals surface area contributed by atoms with Crippen LogP contribution in [0.25, 0.3) is 6.08 Å². The van der Waals surface area contributed by atoms with Gasteiger partial charge in [-0.15, -0.1) is 6.58 Å². The molecule has 1 unspecified atom stereocenters. The van der Waals surface area contributed by atoms with Crippen LogP contribution >= 0.6 is 0 Å². The Morgan fingerprint density at radius 1 is 0.950 bits per heavy atom. The molecule has 0 radical (unpaired) electrons. The minimum atomic E-state index is -0.292. The quantitative estimate of drug-likeness (QED) is 0.198. The predicted molar refractivity (Wildman–Crippen MR) is 154 cm³/mol. The molecule has 1 aliphatic carbocycles. The number of nitrogens with zero attached hydrogens (tertiary/aromatic N) is 1. The van der Waals surface area contributed by atoms with Crippen LogP contribution in [0, 0.1) is 0 Å². The number of carbonyl (C=O) groups excluding carboxylic acids is 3. The molecule has 1 amide bonds. The van der Waals surface area contributed by atoms with Crippen molar-refractivity contribution in [3.8, 4) is 11.5 Å². The third kappa shape index (κ3) is 7.26. The van der Waals surface area contributed by atoms with E-state index in [4.69, 9.17) is 14.2 Å². The first kappa shape index (κ1) is 28.4. The first-order valence-electron chi connectivity index (χ1n) is 13.3. The number of likely N-dealkylation sites (tertiary alicyclic amines) is 1. The van der Waals surface area contributed by atoms with E-state index >= 15 is 0 Å². The lowest BCUT2D eigenvalue weighted by Crippen LogP contribution is -2.34. The summed E-state index contributed by atoms with van der Waals surface area (Å²) in [6, 6.07) is 15.3. The fourth-order valence-corrected chi connectivity index (χ4v) is 4.60. The Morgan fingerprint density at radius 3 is 2.42 bits per heavy atom. The Labute approximate surface area is 234 Å². The normalized spacial score (nSPS) is 17.2. The number of methoxy groups -OCH3 is 1. The maximum Gasteiger partial charge on any atom is 0.246 e. The zero-order chi connectivity index (χ0) is 28.3. The molecule has 2 aliphatic heterocycles. The summed E-state index contributed by atoms with van der Waals surface area (Å²) in [4.78, 5) is 37.7. The molecule has 7 heteroatoms. The number of rotatable bonds is 7. The minimum Gasteiger partial charge on any atom is -0.493 e. The number of fused-ring (bicyclic) bond motifs is 1. The van der Waals surface area contributed by atoms with Crippen molar-refractivity contribution in [2.24, 2.45) is 0 Å².